The number of hydrogen-bond donors (Lipinski definition) is 14. The average Bonchev–Trinajstić information content (AvgIpc) is 1.70. The van der Waals surface area contributed by atoms with Gasteiger partial charge >= 0.3 is 5.97 Å². The number of halogens is 1. The number of amides is 14. The zero-order valence-corrected chi connectivity index (χ0v) is 76.0. The number of ketones is 1. The molecule has 4 fully saturated rings. The monoisotopic (exact) mass is 1810 g/mol. The molecule has 0 radical (unpaired) electrons. The predicted octanol–water partition coefficient (Wildman–Crippen LogP) is 2.80. The summed E-state index contributed by atoms with van der Waals surface area (Å²) in [5.74, 6) is -14.5. The minimum absolute atomic E-state index is 0.0433. The Bertz CT molecular complexity index is 4810. The number of benzene rings is 3. The molecular formula is C92H131ClN18O18. The van der Waals surface area contributed by atoms with E-state index in [1.165, 1.54) is 33.4 Å². The summed E-state index contributed by atoms with van der Waals surface area (Å²) < 4.78 is 1.48. The molecule has 14 atom stereocenters. The highest BCUT2D eigenvalue weighted by Crippen LogP contribution is 2.31. The quantitative estimate of drug-likeness (QED) is 0.0447. The van der Waals surface area contributed by atoms with Gasteiger partial charge in [-0.05, 0) is 143 Å². The van der Waals surface area contributed by atoms with Gasteiger partial charge in [0.05, 0.1) is 18.6 Å². The van der Waals surface area contributed by atoms with Crippen LogP contribution in [0.25, 0.3) is 21.8 Å². The number of Topliss-reactive ketones (excluding diaryl/α,β-unsaturated/α-hetero) is 1. The van der Waals surface area contributed by atoms with E-state index in [0.717, 1.165) is 9.80 Å². The summed E-state index contributed by atoms with van der Waals surface area (Å²) in [4.78, 5) is 245. The summed E-state index contributed by atoms with van der Waals surface area (Å²) in [5, 5.41) is 45.6. The zero-order valence-electron chi connectivity index (χ0n) is 75.3. The van der Waals surface area contributed by atoms with Crippen LogP contribution in [0.3, 0.4) is 0 Å². The van der Waals surface area contributed by atoms with E-state index in [4.69, 9.17) is 28.8 Å². The number of aliphatic hydroxyl groups excluding tert-OH is 1. The van der Waals surface area contributed by atoms with Crippen LogP contribution in [-0.4, -0.2) is 271 Å². The van der Waals surface area contributed by atoms with Crippen LogP contribution < -0.4 is 59.7 Å². The number of carboxylic acids is 1. The first-order valence-electron chi connectivity index (χ1n) is 45.4. The van der Waals surface area contributed by atoms with Crippen molar-refractivity contribution in [1.82, 2.24) is 76.6 Å². The molecule has 0 unspecified atom stereocenters. The molecule has 3 aromatic carbocycles. The Morgan fingerprint density at radius 2 is 1.10 bits per heavy atom. The standard InChI is InChI=1S/C92H131ClN18O18/c1-9-11-25-72-85(122)101-65(40-53(3)4)82(119)97-37-19-17-30-79(115)99-67(42-55-31-33-59(93)34-32-55)89(126)109-38-20-18-28-73(109)86(123)104-69(47-78(96)114)90(127)110-39-21-29-74(110)87(124)105-70(48-95)84(121)102-66(41-54(5)6)91(128)111-51-60(112)46-76(111)77(113)45-56(43-57-49-98-63-24-15-13-22-61(57)63)81(118)100-64(35-36-94)83(120)103-68(88(125)107(8)75(26-12-10-2)92(129)106(72)7)44-58-50-108(52-80(116)117)71-27-16-14-23-62(58)71/h13-16,22-24,27,31-34,49-50,53-54,56,60,64-70,72-76,98,112H,9-12,17-21,25-26,28-30,35-48,51-52,94-95H2,1-8H3,(H2,96,114)(H,97,119)(H,99,115)(H,100,118)(H,101,122)(H,102,121)(H,103,120)(H,104,123)(H,105,124)(H,116,117)/t56-,60-,64+,65+,66+,67+,68+,69+,70+,72+,73+,74+,75+,76+/m1/s1. The number of aliphatic hydroxyl groups is 1. The maximum Gasteiger partial charge on any atom is 0.323 e. The maximum atomic E-state index is 15.9. The third-order valence-electron chi connectivity index (χ3n) is 24.7. The van der Waals surface area contributed by atoms with Crippen molar-refractivity contribution < 1.29 is 86.9 Å². The van der Waals surface area contributed by atoms with E-state index in [9.17, 15) is 48.6 Å². The molecule has 17 N–H and O–H groups in total. The SMILES string of the molecule is CCCC[C@H]1C(=O)N(C)[C@@H](CCCC)C(=O)N[C@@H](CC(C)C)C(=O)NCCCCC(=O)N[C@@H](Cc2ccc(Cl)cc2)C(=O)N2CCCC[C@H]2C(=O)N[C@@H](CC(N)=O)C(=O)N2CCC[C@H]2C(=O)N[C@@H](CN)C(=O)N[C@@H](CC(C)C)C(=O)N2C[C@H](O)C[C@H]2C(=O)C[C@@H](Cc2c[nH]c3ccccc23)C(=O)N[C@@H](CCN)C(=O)N[C@@H](Cc2cn(CC(=O)O)c3ccccc23)C(=O)N1C. The number of rotatable bonds is 23. The van der Waals surface area contributed by atoms with E-state index in [1.807, 2.05) is 39.8 Å². The second-order valence-corrected chi connectivity index (χ2v) is 35.9. The minimum atomic E-state index is -1.67. The lowest BCUT2D eigenvalue weighted by Gasteiger charge is -2.38. The number of piperidine rings is 1. The van der Waals surface area contributed by atoms with E-state index < -0.39 is 211 Å². The van der Waals surface area contributed by atoms with Crippen molar-refractivity contribution in [2.75, 3.05) is 53.4 Å². The topological polar surface area (TPSA) is 525 Å². The van der Waals surface area contributed by atoms with E-state index in [2.05, 4.69) is 47.5 Å². The number of carbonyl (C=O) groups excluding carboxylic acids is 15. The van der Waals surface area contributed by atoms with Gasteiger partial charge in [-0.15, -0.1) is 0 Å². The Kier molecular flexibility index (Phi) is 38.0. The van der Waals surface area contributed by atoms with Crippen molar-refractivity contribution in [2.24, 2.45) is 35.0 Å². The highest BCUT2D eigenvalue weighted by atomic mass is 35.5. The van der Waals surface area contributed by atoms with Crippen LogP contribution in [-0.2, 0) is 103 Å². The molecule has 14 amide bonds. The van der Waals surface area contributed by atoms with Crippen molar-refractivity contribution in [3.05, 3.63) is 107 Å². The second-order valence-electron chi connectivity index (χ2n) is 35.5. The van der Waals surface area contributed by atoms with Gasteiger partial charge in [-0.2, -0.15) is 0 Å². The van der Waals surface area contributed by atoms with Crippen molar-refractivity contribution in [3.63, 3.8) is 0 Å². The molecule has 4 saturated heterocycles. The van der Waals surface area contributed by atoms with Crippen LogP contribution in [0, 0.1) is 17.8 Å². The highest BCUT2D eigenvalue weighted by molar-refractivity contribution is 6.30. The molecular weight excluding hydrogens is 1680 g/mol. The number of H-pyrrole nitrogens is 1. The molecule has 704 valence electrons. The summed E-state index contributed by atoms with van der Waals surface area (Å²) in [5.41, 5.74) is 21.1. The van der Waals surface area contributed by atoms with Crippen LogP contribution in [0.4, 0.5) is 0 Å². The molecule has 0 spiro atoms. The summed E-state index contributed by atoms with van der Waals surface area (Å²) >= 11 is 6.28. The lowest BCUT2D eigenvalue weighted by atomic mass is 9.90. The fraction of sp³-hybridized carbons (Fsp3) is 0.587. The minimum Gasteiger partial charge on any atom is -0.480 e. The number of fused-ring (bicyclic) bond motifs is 5. The van der Waals surface area contributed by atoms with Crippen molar-refractivity contribution in [3.8, 4) is 0 Å². The third kappa shape index (κ3) is 27.6. The summed E-state index contributed by atoms with van der Waals surface area (Å²) in [6.07, 6.45) is 3.49. The fourth-order valence-electron chi connectivity index (χ4n) is 17.9. The van der Waals surface area contributed by atoms with Crippen molar-refractivity contribution in [2.45, 2.75) is 274 Å². The van der Waals surface area contributed by atoms with Crippen molar-refractivity contribution >= 4 is 128 Å². The van der Waals surface area contributed by atoms with Crippen LogP contribution in [0.15, 0.2) is 85.2 Å². The number of unbranched alkanes of at least 4 members (excludes halogenated alkanes) is 2. The average molecular weight is 1810 g/mol. The molecule has 2 aromatic heterocycles. The van der Waals surface area contributed by atoms with Gasteiger partial charge < -0.3 is 104 Å². The van der Waals surface area contributed by atoms with Gasteiger partial charge in [0.25, 0.3) is 0 Å². The van der Waals surface area contributed by atoms with E-state index in [0.29, 0.717) is 82.0 Å². The Morgan fingerprint density at radius 1 is 0.535 bits per heavy atom. The molecule has 5 aromatic rings. The van der Waals surface area contributed by atoms with E-state index >= 15 is 38.4 Å². The van der Waals surface area contributed by atoms with Crippen LogP contribution in [0.5, 0.6) is 0 Å². The first-order valence-corrected chi connectivity index (χ1v) is 45.7. The highest BCUT2D eigenvalue weighted by Gasteiger charge is 2.47. The van der Waals surface area contributed by atoms with Crippen molar-refractivity contribution in [1.29, 1.82) is 0 Å². The van der Waals surface area contributed by atoms with E-state index in [-0.39, 0.29) is 134 Å². The number of para-hydroxylation sites is 2. The number of aliphatic carboxylic acids is 1. The van der Waals surface area contributed by atoms with Gasteiger partial charge in [-0.25, -0.2) is 0 Å². The summed E-state index contributed by atoms with van der Waals surface area (Å²) in [7, 11) is 2.85. The first-order chi connectivity index (χ1) is 61.5. The molecule has 9 rings (SSSR count). The Hall–Kier alpha value is -11.4. The third-order valence-corrected chi connectivity index (χ3v) is 24.9. The molecule has 37 heteroatoms. The predicted molar refractivity (Wildman–Crippen MR) is 482 cm³/mol. The fourth-order valence-corrected chi connectivity index (χ4v) is 18.0. The Morgan fingerprint density at radius 3 is 1.75 bits per heavy atom. The number of carboxylic acid groups (broad SMARTS) is 1. The molecule has 0 saturated carbocycles. The number of carbonyl (C=O) groups is 16. The van der Waals surface area contributed by atoms with Crippen LogP contribution in [0.2, 0.25) is 5.02 Å². The number of nitrogens with one attached hydrogen (secondary N) is 9. The number of aromatic nitrogens is 2. The number of nitrogens with two attached hydrogens (primary N) is 3. The number of likely N-dealkylation sites (N-methyl/N-ethyl adjacent to an activating group) is 2. The van der Waals surface area contributed by atoms with Gasteiger partial charge in [0.15, 0.2) is 5.78 Å². The molecule has 36 nitrogen and oxygen atoms in total. The molecule has 129 heavy (non-hydrogen) atoms. The maximum absolute atomic E-state index is 15.9. The molecule has 6 heterocycles. The normalized spacial score (nSPS) is 25.6. The summed E-state index contributed by atoms with van der Waals surface area (Å²) in [6.45, 7) is 9.48. The summed E-state index contributed by atoms with van der Waals surface area (Å²) in [6, 6.07) is 4.08. The smallest absolute Gasteiger partial charge is 0.323 e. The van der Waals surface area contributed by atoms with Crippen LogP contribution >= 0.6 is 11.6 Å². The second kappa shape index (κ2) is 48.3. The zero-order chi connectivity index (χ0) is 94.0. The molecule has 0 aliphatic carbocycles. The van der Waals surface area contributed by atoms with Crippen LogP contribution in [0.1, 0.15) is 187 Å². The van der Waals surface area contributed by atoms with Gasteiger partial charge in [-0.3, -0.25) is 76.7 Å². The van der Waals surface area contributed by atoms with Gasteiger partial charge in [0.2, 0.25) is 82.7 Å². The Labute approximate surface area is 757 Å². The number of primary amides is 1. The van der Waals surface area contributed by atoms with Gasteiger partial charge in [0.1, 0.15) is 73.0 Å². The molecule has 4 aliphatic rings. The number of aromatic amines is 1. The Balaban J connectivity index is 1.08. The van der Waals surface area contributed by atoms with Gasteiger partial charge in [0, 0.05) is 124 Å². The van der Waals surface area contributed by atoms with Gasteiger partial charge in [-0.1, -0.05) is 127 Å². The molecule has 4 aliphatic heterocycles. The first kappa shape index (κ1) is 101. The number of hydrogen-bond acceptors (Lipinski definition) is 19. The lowest BCUT2D eigenvalue weighted by Crippen LogP contribution is -2.62. The number of nitrogens with zero attached hydrogens (tertiary/aromatic N) is 6. The lowest BCUT2D eigenvalue weighted by molar-refractivity contribution is -0.149. The largest absolute Gasteiger partial charge is 0.480 e. The van der Waals surface area contributed by atoms with E-state index in [1.54, 1.807) is 86.9 Å². The molecule has 0 bridgehead atoms.